The topological polar surface area (TPSA) is 88.4 Å². The first-order valence-electron chi connectivity index (χ1n) is 9.12. The van der Waals surface area contributed by atoms with Crippen molar-refractivity contribution in [3.8, 4) is 0 Å². The molecule has 0 aliphatic carbocycles. The van der Waals surface area contributed by atoms with E-state index in [2.05, 4.69) is 33.7 Å². The zero-order valence-corrected chi connectivity index (χ0v) is 17.3. The van der Waals surface area contributed by atoms with Gasteiger partial charge in [-0.1, -0.05) is 12.1 Å². The Hall–Kier alpha value is -2.35. The SMILES string of the molecule is CCNC(=NCc1ccc(S(C)(=O)=O)cc1)NCCCn1nc(C)cc1C. The van der Waals surface area contributed by atoms with Crippen molar-refractivity contribution in [3.63, 3.8) is 0 Å². The Balaban J connectivity index is 1.87. The number of aryl methyl sites for hydroxylation is 3. The third-order valence-corrected chi connectivity index (χ3v) is 5.19. The Labute approximate surface area is 161 Å². The molecule has 0 unspecified atom stereocenters. The summed E-state index contributed by atoms with van der Waals surface area (Å²) in [6, 6.07) is 8.91. The third kappa shape index (κ3) is 6.71. The van der Waals surface area contributed by atoms with Gasteiger partial charge in [-0.15, -0.1) is 0 Å². The van der Waals surface area contributed by atoms with Crippen molar-refractivity contribution >= 4 is 15.8 Å². The van der Waals surface area contributed by atoms with E-state index in [1.54, 1.807) is 24.3 Å². The predicted molar refractivity (Wildman–Crippen MR) is 109 cm³/mol. The molecule has 27 heavy (non-hydrogen) atoms. The summed E-state index contributed by atoms with van der Waals surface area (Å²) in [6.45, 7) is 8.99. The van der Waals surface area contributed by atoms with Crippen molar-refractivity contribution in [3.05, 3.63) is 47.3 Å². The highest BCUT2D eigenvalue weighted by atomic mass is 32.2. The first-order chi connectivity index (χ1) is 12.8. The van der Waals surface area contributed by atoms with Crippen LogP contribution in [0.5, 0.6) is 0 Å². The van der Waals surface area contributed by atoms with E-state index in [1.165, 1.54) is 11.9 Å². The quantitative estimate of drug-likeness (QED) is 0.408. The van der Waals surface area contributed by atoms with Crippen LogP contribution in [0.4, 0.5) is 0 Å². The molecule has 148 valence electrons. The van der Waals surface area contributed by atoms with Gasteiger partial charge in [-0.3, -0.25) is 4.68 Å². The minimum Gasteiger partial charge on any atom is -0.357 e. The summed E-state index contributed by atoms with van der Waals surface area (Å²) in [5.41, 5.74) is 3.17. The van der Waals surface area contributed by atoms with Gasteiger partial charge in [-0.2, -0.15) is 5.10 Å². The van der Waals surface area contributed by atoms with Gasteiger partial charge in [0.2, 0.25) is 0 Å². The minimum atomic E-state index is -3.17. The number of benzene rings is 1. The lowest BCUT2D eigenvalue weighted by atomic mass is 10.2. The van der Waals surface area contributed by atoms with Crippen LogP contribution in [0.1, 0.15) is 30.3 Å². The van der Waals surface area contributed by atoms with E-state index in [9.17, 15) is 8.42 Å². The molecule has 0 radical (unpaired) electrons. The maximum Gasteiger partial charge on any atom is 0.191 e. The Morgan fingerprint density at radius 3 is 2.44 bits per heavy atom. The number of aliphatic imine (C=N–C) groups is 1. The van der Waals surface area contributed by atoms with Crippen LogP contribution in [-0.4, -0.2) is 43.5 Å². The van der Waals surface area contributed by atoms with Crippen LogP contribution in [0.25, 0.3) is 0 Å². The maximum atomic E-state index is 11.5. The smallest absolute Gasteiger partial charge is 0.191 e. The molecule has 2 rings (SSSR count). The van der Waals surface area contributed by atoms with Crippen LogP contribution >= 0.6 is 0 Å². The van der Waals surface area contributed by atoms with Gasteiger partial charge in [-0.25, -0.2) is 13.4 Å². The summed E-state index contributed by atoms with van der Waals surface area (Å²) < 4.78 is 25.0. The zero-order valence-electron chi connectivity index (χ0n) is 16.5. The summed E-state index contributed by atoms with van der Waals surface area (Å²) in [5.74, 6) is 0.748. The highest BCUT2D eigenvalue weighted by Gasteiger charge is 2.06. The molecule has 7 nitrogen and oxygen atoms in total. The molecular formula is C19H29N5O2S. The molecule has 0 saturated carbocycles. The molecule has 1 heterocycles. The number of guanidine groups is 1. The second-order valence-corrected chi connectivity index (χ2v) is 8.56. The lowest BCUT2D eigenvalue weighted by molar-refractivity contribution is 0.555. The van der Waals surface area contributed by atoms with Crippen LogP contribution in [0.15, 0.2) is 40.2 Å². The van der Waals surface area contributed by atoms with Gasteiger partial charge >= 0.3 is 0 Å². The lowest BCUT2D eigenvalue weighted by Gasteiger charge is -2.12. The first kappa shape index (κ1) is 21.0. The summed E-state index contributed by atoms with van der Waals surface area (Å²) in [5, 5.41) is 11.0. The average molecular weight is 392 g/mol. The second kappa shape index (κ2) is 9.55. The fraction of sp³-hybridized carbons (Fsp3) is 0.474. The van der Waals surface area contributed by atoms with E-state index < -0.39 is 9.84 Å². The molecule has 2 N–H and O–H groups in total. The molecule has 1 aromatic heterocycles. The summed E-state index contributed by atoms with van der Waals surface area (Å²) in [4.78, 5) is 4.89. The Morgan fingerprint density at radius 1 is 1.19 bits per heavy atom. The molecule has 0 amide bonds. The van der Waals surface area contributed by atoms with E-state index in [4.69, 9.17) is 0 Å². The number of nitrogens with zero attached hydrogens (tertiary/aromatic N) is 3. The molecular weight excluding hydrogens is 362 g/mol. The number of aromatic nitrogens is 2. The van der Waals surface area contributed by atoms with Crippen molar-refractivity contribution < 1.29 is 8.42 Å². The third-order valence-electron chi connectivity index (χ3n) is 4.06. The summed E-state index contributed by atoms with van der Waals surface area (Å²) in [7, 11) is -3.17. The highest BCUT2D eigenvalue weighted by Crippen LogP contribution is 2.11. The van der Waals surface area contributed by atoms with Gasteiger partial charge in [0.1, 0.15) is 0 Å². The van der Waals surface area contributed by atoms with E-state index in [1.807, 2.05) is 18.5 Å². The molecule has 2 aromatic rings. The van der Waals surface area contributed by atoms with Gasteiger partial charge < -0.3 is 10.6 Å². The van der Waals surface area contributed by atoms with Gasteiger partial charge in [0.15, 0.2) is 15.8 Å². The van der Waals surface area contributed by atoms with E-state index >= 15 is 0 Å². The van der Waals surface area contributed by atoms with Crippen molar-refractivity contribution in [2.45, 2.75) is 45.2 Å². The predicted octanol–water partition coefficient (Wildman–Crippen LogP) is 2.05. The zero-order chi connectivity index (χ0) is 19.9. The average Bonchev–Trinajstić information content (AvgIpc) is 2.93. The summed E-state index contributed by atoms with van der Waals surface area (Å²) >= 11 is 0. The van der Waals surface area contributed by atoms with Crippen molar-refractivity contribution in [1.82, 2.24) is 20.4 Å². The Bertz CT molecular complexity index is 870. The van der Waals surface area contributed by atoms with Gasteiger partial charge in [0.25, 0.3) is 0 Å². The standard InChI is InChI=1S/C19H29N5O2S/c1-5-20-19(21-11-6-12-24-16(3)13-15(2)23-24)22-14-17-7-9-18(10-8-17)27(4,25)26/h7-10,13H,5-6,11-12,14H2,1-4H3,(H2,20,21,22). The van der Waals surface area contributed by atoms with Gasteiger partial charge in [0.05, 0.1) is 17.1 Å². The van der Waals surface area contributed by atoms with Crippen LogP contribution in [-0.2, 0) is 22.9 Å². The first-order valence-corrected chi connectivity index (χ1v) is 11.0. The van der Waals surface area contributed by atoms with Crippen LogP contribution < -0.4 is 10.6 Å². The van der Waals surface area contributed by atoms with Crippen LogP contribution in [0.2, 0.25) is 0 Å². The molecule has 0 saturated heterocycles. The minimum absolute atomic E-state index is 0.324. The number of hydrogen-bond acceptors (Lipinski definition) is 4. The Morgan fingerprint density at radius 2 is 1.89 bits per heavy atom. The number of hydrogen-bond donors (Lipinski definition) is 2. The molecule has 1 aromatic carbocycles. The van der Waals surface area contributed by atoms with Crippen molar-refractivity contribution in [1.29, 1.82) is 0 Å². The van der Waals surface area contributed by atoms with E-state index in [0.717, 1.165) is 43.3 Å². The largest absolute Gasteiger partial charge is 0.357 e. The van der Waals surface area contributed by atoms with Crippen molar-refractivity contribution in [2.75, 3.05) is 19.3 Å². The number of nitrogens with one attached hydrogen (secondary N) is 2. The van der Waals surface area contributed by atoms with E-state index in [0.29, 0.717) is 11.4 Å². The lowest BCUT2D eigenvalue weighted by Crippen LogP contribution is -2.38. The molecule has 0 bridgehead atoms. The number of rotatable bonds is 8. The molecule has 0 fully saturated rings. The monoisotopic (exact) mass is 391 g/mol. The Kier molecular flexibility index (Phi) is 7.41. The van der Waals surface area contributed by atoms with Gasteiger partial charge in [-0.05, 0) is 51.0 Å². The molecule has 0 aliphatic heterocycles. The molecule has 0 spiro atoms. The van der Waals surface area contributed by atoms with Crippen molar-refractivity contribution in [2.24, 2.45) is 4.99 Å². The normalized spacial score (nSPS) is 12.2. The highest BCUT2D eigenvalue weighted by molar-refractivity contribution is 7.90. The molecule has 8 heteroatoms. The van der Waals surface area contributed by atoms with Crippen LogP contribution in [0, 0.1) is 13.8 Å². The summed E-state index contributed by atoms with van der Waals surface area (Å²) in [6.07, 6.45) is 2.15. The number of sulfone groups is 1. The molecule has 0 atom stereocenters. The van der Waals surface area contributed by atoms with Gasteiger partial charge in [0, 0.05) is 31.6 Å². The fourth-order valence-electron chi connectivity index (χ4n) is 2.69. The second-order valence-electron chi connectivity index (χ2n) is 6.54. The maximum absolute atomic E-state index is 11.5. The fourth-order valence-corrected chi connectivity index (χ4v) is 3.32. The van der Waals surface area contributed by atoms with E-state index in [-0.39, 0.29) is 0 Å². The van der Waals surface area contributed by atoms with Crippen LogP contribution in [0.3, 0.4) is 0 Å². The molecule has 0 aliphatic rings.